The Morgan fingerprint density at radius 3 is 1.71 bits per heavy atom. The van der Waals surface area contributed by atoms with Crippen LogP contribution in [0.2, 0.25) is 0 Å². The number of ketones is 1. The molecule has 0 aromatic heterocycles. The average Bonchev–Trinajstić information content (AvgIpc) is 2.03. The van der Waals surface area contributed by atoms with Gasteiger partial charge in [0.2, 0.25) is 0 Å². The molecule has 0 spiro atoms. The van der Waals surface area contributed by atoms with Gasteiger partial charge in [0.1, 0.15) is 0 Å². The standard InChI is InChI=1S/C6H17N3.C5H8O.2CH4/c1-7-5-9(4)6-8(2)3;1-4(2)5(3)6;;/h7H,5-6H2,1-4H3;1H2,2-3H3;2*1H4. The molecule has 0 heterocycles. The van der Waals surface area contributed by atoms with Crippen LogP contribution in [0.4, 0.5) is 0 Å². The van der Waals surface area contributed by atoms with Crippen molar-refractivity contribution in [2.45, 2.75) is 28.7 Å². The fraction of sp³-hybridized carbons (Fsp3) is 0.769. The van der Waals surface area contributed by atoms with Crippen molar-refractivity contribution < 1.29 is 4.79 Å². The van der Waals surface area contributed by atoms with Crippen molar-refractivity contribution in [3.63, 3.8) is 0 Å². The van der Waals surface area contributed by atoms with Gasteiger partial charge in [0.15, 0.2) is 5.78 Å². The summed E-state index contributed by atoms with van der Waals surface area (Å²) in [7, 11) is 8.15. The highest BCUT2D eigenvalue weighted by molar-refractivity contribution is 5.91. The van der Waals surface area contributed by atoms with Gasteiger partial charge in [-0.05, 0) is 47.6 Å². The van der Waals surface area contributed by atoms with Crippen molar-refractivity contribution in [2.75, 3.05) is 41.5 Å². The molecule has 0 radical (unpaired) electrons. The Hall–Kier alpha value is -0.710. The molecule has 0 bridgehead atoms. The molecular formula is C13H33N3O. The van der Waals surface area contributed by atoms with E-state index in [9.17, 15) is 4.79 Å². The number of hydrogen-bond acceptors (Lipinski definition) is 4. The van der Waals surface area contributed by atoms with E-state index in [-0.39, 0.29) is 20.6 Å². The smallest absolute Gasteiger partial charge is 0.154 e. The van der Waals surface area contributed by atoms with Crippen LogP contribution in [-0.4, -0.2) is 57.1 Å². The molecule has 106 valence electrons. The molecular weight excluding hydrogens is 214 g/mol. The highest BCUT2D eigenvalue weighted by Crippen LogP contribution is 1.84. The molecule has 0 aromatic rings. The molecule has 0 saturated carbocycles. The SMILES string of the molecule is C.C.C=C(C)C(C)=O.CNCN(C)CN(C)C. The summed E-state index contributed by atoms with van der Waals surface area (Å²) in [5.41, 5.74) is 0.620. The predicted octanol–water partition coefficient (Wildman–Crippen LogP) is 2.04. The fourth-order valence-corrected chi connectivity index (χ4v) is 0.803. The van der Waals surface area contributed by atoms with Crippen molar-refractivity contribution in [1.29, 1.82) is 0 Å². The summed E-state index contributed by atoms with van der Waals surface area (Å²) in [5, 5.41) is 3.07. The van der Waals surface area contributed by atoms with E-state index in [1.807, 2.05) is 7.05 Å². The third kappa shape index (κ3) is 25.5. The molecule has 17 heavy (non-hydrogen) atoms. The summed E-state index contributed by atoms with van der Waals surface area (Å²) in [6.45, 7) is 8.55. The number of nitrogens with one attached hydrogen (secondary N) is 1. The molecule has 0 aromatic carbocycles. The highest BCUT2D eigenvalue weighted by atomic mass is 16.1. The Bertz CT molecular complexity index is 179. The van der Waals surface area contributed by atoms with E-state index in [1.54, 1.807) is 6.92 Å². The van der Waals surface area contributed by atoms with E-state index >= 15 is 0 Å². The zero-order valence-corrected chi connectivity index (χ0v) is 10.9. The van der Waals surface area contributed by atoms with Gasteiger partial charge in [-0.15, -0.1) is 0 Å². The van der Waals surface area contributed by atoms with Gasteiger partial charge in [-0.1, -0.05) is 21.4 Å². The van der Waals surface area contributed by atoms with E-state index in [1.165, 1.54) is 6.92 Å². The van der Waals surface area contributed by atoms with Gasteiger partial charge in [-0.25, -0.2) is 0 Å². The lowest BCUT2D eigenvalue weighted by Gasteiger charge is -2.20. The third-order valence-corrected chi connectivity index (χ3v) is 1.55. The first-order valence-electron chi connectivity index (χ1n) is 4.95. The van der Waals surface area contributed by atoms with Gasteiger partial charge >= 0.3 is 0 Å². The van der Waals surface area contributed by atoms with E-state index < -0.39 is 0 Å². The molecule has 0 aliphatic rings. The van der Waals surface area contributed by atoms with Crippen molar-refractivity contribution in [3.8, 4) is 0 Å². The Morgan fingerprint density at radius 1 is 1.18 bits per heavy atom. The second-order valence-electron chi connectivity index (χ2n) is 3.93. The van der Waals surface area contributed by atoms with Gasteiger partial charge in [0.25, 0.3) is 0 Å². The lowest BCUT2D eigenvalue weighted by molar-refractivity contribution is -0.113. The van der Waals surface area contributed by atoms with Gasteiger partial charge < -0.3 is 5.32 Å². The molecule has 0 saturated heterocycles. The van der Waals surface area contributed by atoms with E-state index in [0.29, 0.717) is 5.57 Å². The van der Waals surface area contributed by atoms with Crippen LogP contribution in [0, 0.1) is 0 Å². The number of nitrogens with zero attached hydrogens (tertiary/aromatic N) is 2. The number of hydrogen-bond donors (Lipinski definition) is 1. The van der Waals surface area contributed by atoms with Crippen LogP contribution in [0.1, 0.15) is 28.7 Å². The molecule has 0 amide bonds. The van der Waals surface area contributed by atoms with Crippen molar-refractivity contribution in [1.82, 2.24) is 15.1 Å². The first kappa shape index (κ1) is 25.2. The topological polar surface area (TPSA) is 35.6 Å². The molecule has 0 rings (SSSR count). The molecule has 0 atom stereocenters. The number of Topliss-reactive ketones (excluding diaryl/α,β-unsaturated/α-hetero) is 1. The Labute approximate surface area is 109 Å². The summed E-state index contributed by atoms with van der Waals surface area (Å²) in [6.07, 6.45) is 0. The Kier molecular flexibility index (Phi) is 22.7. The molecule has 4 nitrogen and oxygen atoms in total. The summed E-state index contributed by atoms with van der Waals surface area (Å²) < 4.78 is 0. The van der Waals surface area contributed by atoms with Crippen LogP contribution in [0.25, 0.3) is 0 Å². The third-order valence-electron chi connectivity index (χ3n) is 1.55. The number of allylic oxidation sites excluding steroid dienone is 1. The normalized spacial score (nSPS) is 8.71. The van der Waals surface area contributed by atoms with Gasteiger partial charge in [0, 0.05) is 6.67 Å². The van der Waals surface area contributed by atoms with Crippen LogP contribution in [0.15, 0.2) is 12.2 Å². The summed E-state index contributed by atoms with van der Waals surface area (Å²) >= 11 is 0. The first-order valence-corrected chi connectivity index (χ1v) is 4.95. The summed E-state index contributed by atoms with van der Waals surface area (Å²) in [5.74, 6) is 0.0648. The van der Waals surface area contributed by atoms with E-state index in [2.05, 4.69) is 42.8 Å². The average molecular weight is 247 g/mol. The fourth-order valence-electron chi connectivity index (χ4n) is 0.803. The minimum absolute atomic E-state index is 0. The van der Waals surface area contributed by atoms with E-state index in [4.69, 9.17) is 0 Å². The number of carbonyl (C=O) groups excluding carboxylic acids is 1. The molecule has 0 fully saturated rings. The maximum Gasteiger partial charge on any atom is 0.154 e. The minimum atomic E-state index is 0. The van der Waals surface area contributed by atoms with Crippen LogP contribution in [0.3, 0.4) is 0 Å². The zero-order valence-electron chi connectivity index (χ0n) is 10.9. The molecule has 0 unspecified atom stereocenters. The lowest BCUT2D eigenvalue weighted by atomic mass is 10.3. The second-order valence-corrected chi connectivity index (χ2v) is 3.93. The largest absolute Gasteiger partial charge is 0.307 e. The van der Waals surface area contributed by atoms with E-state index in [0.717, 1.165) is 13.3 Å². The summed E-state index contributed by atoms with van der Waals surface area (Å²) in [4.78, 5) is 14.4. The number of rotatable bonds is 5. The Balaban J connectivity index is -0.0000000945. The first-order chi connectivity index (χ1) is 6.81. The maximum absolute atomic E-state index is 10.0. The monoisotopic (exact) mass is 247 g/mol. The lowest BCUT2D eigenvalue weighted by Crippen LogP contribution is -2.35. The highest BCUT2D eigenvalue weighted by Gasteiger charge is 1.94. The second kappa shape index (κ2) is 15.3. The van der Waals surface area contributed by atoms with Crippen LogP contribution >= 0.6 is 0 Å². The molecule has 1 N–H and O–H groups in total. The van der Waals surface area contributed by atoms with Crippen molar-refractivity contribution in [2.24, 2.45) is 0 Å². The van der Waals surface area contributed by atoms with Gasteiger partial charge in [0.05, 0.1) is 6.67 Å². The van der Waals surface area contributed by atoms with Crippen LogP contribution in [-0.2, 0) is 4.79 Å². The molecule has 4 heteroatoms. The van der Waals surface area contributed by atoms with Crippen LogP contribution < -0.4 is 5.32 Å². The van der Waals surface area contributed by atoms with Crippen molar-refractivity contribution >= 4 is 5.78 Å². The van der Waals surface area contributed by atoms with Crippen molar-refractivity contribution in [3.05, 3.63) is 12.2 Å². The zero-order chi connectivity index (χ0) is 12.4. The maximum atomic E-state index is 10.0. The summed E-state index contributed by atoms with van der Waals surface area (Å²) in [6, 6.07) is 0. The van der Waals surface area contributed by atoms with Crippen LogP contribution in [0.5, 0.6) is 0 Å². The van der Waals surface area contributed by atoms with Gasteiger partial charge in [-0.3, -0.25) is 14.6 Å². The number of carbonyl (C=O) groups is 1. The quantitative estimate of drug-likeness (QED) is 0.596. The molecule has 0 aliphatic heterocycles. The minimum Gasteiger partial charge on any atom is -0.307 e. The van der Waals surface area contributed by atoms with Gasteiger partial charge in [-0.2, -0.15) is 0 Å². The Morgan fingerprint density at radius 2 is 1.53 bits per heavy atom. The molecule has 0 aliphatic carbocycles. The predicted molar refractivity (Wildman–Crippen MR) is 79.2 cm³/mol.